The molecule has 1 heterocycles. The summed E-state index contributed by atoms with van der Waals surface area (Å²) in [5.41, 5.74) is 6.01. The zero-order valence-electron chi connectivity index (χ0n) is 12.9. The summed E-state index contributed by atoms with van der Waals surface area (Å²) >= 11 is 6.24. The highest BCUT2D eigenvalue weighted by Gasteiger charge is 2.17. The molecule has 1 amide bonds. The quantitative estimate of drug-likeness (QED) is 0.882. The molecule has 23 heavy (non-hydrogen) atoms. The predicted molar refractivity (Wildman–Crippen MR) is 89.3 cm³/mol. The van der Waals surface area contributed by atoms with Gasteiger partial charge < -0.3 is 15.0 Å². The first-order valence-electron chi connectivity index (χ1n) is 7.85. The highest BCUT2D eigenvalue weighted by molar-refractivity contribution is 6.32. The number of nitrogens with two attached hydrogens (primary N) is 1. The van der Waals surface area contributed by atoms with E-state index in [1.807, 2.05) is 24.5 Å². The second-order valence-corrected chi connectivity index (χ2v) is 6.36. The van der Waals surface area contributed by atoms with Gasteiger partial charge in [0.25, 0.3) is 5.91 Å². The SMILES string of the molecule is NC(=O)COc1ccc(-c2nccn2CC2CCCC2)cc1Cl. The minimum absolute atomic E-state index is 0.185. The Hall–Kier alpha value is -2.01. The second-order valence-electron chi connectivity index (χ2n) is 5.95. The summed E-state index contributed by atoms with van der Waals surface area (Å²) in [7, 11) is 0. The number of amides is 1. The summed E-state index contributed by atoms with van der Waals surface area (Å²) in [6.07, 6.45) is 9.06. The van der Waals surface area contributed by atoms with E-state index < -0.39 is 5.91 Å². The topological polar surface area (TPSA) is 70.1 Å². The standard InChI is InChI=1S/C17H20ClN3O2/c18-14-9-13(5-6-15(14)23-11-16(19)22)17-20-7-8-21(17)10-12-3-1-2-4-12/h5-9,12H,1-4,10-11H2,(H2,19,22). The average molecular weight is 334 g/mol. The van der Waals surface area contributed by atoms with E-state index in [1.165, 1.54) is 25.7 Å². The Morgan fingerprint density at radius 1 is 1.39 bits per heavy atom. The van der Waals surface area contributed by atoms with E-state index in [2.05, 4.69) is 9.55 Å². The average Bonchev–Trinajstić information content (AvgIpc) is 3.18. The van der Waals surface area contributed by atoms with E-state index >= 15 is 0 Å². The van der Waals surface area contributed by atoms with Gasteiger partial charge in [0.2, 0.25) is 0 Å². The maximum Gasteiger partial charge on any atom is 0.255 e. The molecule has 0 bridgehead atoms. The molecule has 0 radical (unpaired) electrons. The number of hydrogen-bond acceptors (Lipinski definition) is 3. The molecule has 2 aromatic rings. The molecule has 0 saturated heterocycles. The fourth-order valence-corrected chi connectivity index (χ4v) is 3.33. The number of rotatable bonds is 6. The molecule has 1 aromatic heterocycles. The number of hydrogen-bond donors (Lipinski definition) is 1. The van der Waals surface area contributed by atoms with E-state index in [-0.39, 0.29) is 6.61 Å². The number of imidazole rings is 1. The summed E-state index contributed by atoms with van der Waals surface area (Å²) in [6, 6.07) is 5.45. The minimum atomic E-state index is -0.530. The highest BCUT2D eigenvalue weighted by Crippen LogP contribution is 2.31. The lowest BCUT2D eigenvalue weighted by atomic mass is 10.1. The third-order valence-corrected chi connectivity index (χ3v) is 4.50. The number of nitrogens with zero attached hydrogens (tertiary/aromatic N) is 2. The maximum atomic E-state index is 10.8. The Kier molecular flexibility index (Phi) is 4.86. The Balaban J connectivity index is 1.78. The van der Waals surface area contributed by atoms with Crippen LogP contribution in [0.25, 0.3) is 11.4 Å². The summed E-state index contributed by atoms with van der Waals surface area (Å²) in [5, 5.41) is 0.444. The van der Waals surface area contributed by atoms with E-state index in [0.29, 0.717) is 10.8 Å². The number of benzene rings is 1. The summed E-state index contributed by atoms with van der Waals surface area (Å²) in [6.45, 7) is 0.808. The van der Waals surface area contributed by atoms with E-state index in [0.717, 1.165) is 23.9 Å². The third-order valence-electron chi connectivity index (χ3n) is 4.21. The van der Waals surface area contributed by atoms with Gasteiger partial charge >= 0.3 is 0 Å². The molecule has 1 aromatic carbocycles. The van der Waals surface area contributed by atoms with Crippen LogP contribution in [0, 0.1) is 5.92 Å². The molecule has 5 nitrogen and oxygen atoms in total. The number of carbonyl (C=O) groups excluding carboxylic acids is 1. The van der Waals surface area contributed by atoms with Crippen molar-refractivity contribution < 1.29 is 9.53 Å². The van der Waals surface area contributed by atoms with Crippen LogP contribution < -0.4 is 10.5 Å². The zero-order valence-corrected chi connectivity index (χ0v) is 13.6. The highest BCUT2D eigenvalue weighted by atomic mass is 35.5. The monoisotopic (exact) mass is 333 g/mol. The molecule has 0 spiro atoms. The maximum absolute atomic E-state index is 10.8. The molecule has 122 valence electrons. The zero-order chi connectivity index (χ0) is 16.2. The second kappa shape index (κ2) is 7.04. The summed E-state index contributed by atoms with van der Waals surface area (Å²) in [5.74, 6) is 1.55. The van der Waals surface area contributed by atoms with Crippen molar-refractivity contribution in [3.8, 4) is 17.1 Å². The van der Waals surface area contributed by atoms with E-state index in [9.17, 15) is 4.79 Å². The molecule has 2 N–H and O–H groups in total. The number of primary amides is 1. The van der Waals surface area contributed by atoms with Crippen LogP contribution in [0.5, 0.6) is 5.75 Å². The van der Waals surface area contributed by atoms with Crippen LogP contribution in [-0.2, 0) is 11.3 Å². The predicted octanol–water partition coefficient (Wildman–Crippen LogP) is 3.26. The smallest absolute Gasteiger partial charge is 0.255 e. The van der Waals surface area contributed by atoms with Crippen LogP contribution in [0.4, 0.5) is 0 Å². The van der Waals surface area contributed by atoms with Crippen molar-refractivity contribution in [2.75, 3.05) is 6.61 Å². The Labute approximate surface area is 140 Å². The van der Waals surface area contributed by atoms with Gasteiger partial charge in [0.15, 0.2) is 6.61 Å². The van der Waals surface area contributed by atoms with Crippen LogP contribution in [-0.4, -0.2) is 22.1 Å². The first-order chi connectivity index (χ1) is 11.1. The molecule has 1 aliphatic carbocycles. The van der Waals surface area contributed by atoms with Crippen LogP contribution in [0.2, 0.25) is 5.02 Å². The lowest BCUT2D eigenvalue weighted by molar-refractivity contribution is -0.119. The van der Waals surface area contributed by atoms with Crippen molar-refractivity contribution in [2.45, 2.75) is 32.2 Å². The fraction of sp³-hybridized carbons (Fsp3) is 0.412. The molecule has 1 saturated carbocycles. The molecule has 1 aliphatic rings. The van der Waals surface area contributed by atoms with Crippen molar-refractivity contribution in [1.82, 2.24) is 9.55 Å². The first kappa shape index (κ1) is 15.9. The fourth-order valence-electron chi connectivity index (χ4n) is 3.09. The molecule has 3 rings (SSSR count). The molecular formula is C17H20ClN3O2. The van der Waals surface area contributed by atoms with Gasteiger partial charge in [-0.05, 0) is 37.0 Å². The van der Waals surface area contributed by atoms with Gasteiger partial charge in [0.1, 0.15) is 11.6 Å². The molecule has 0 unspecified atom stereocenters. The van der Waals surface area contributed by atoms with Crippen LogP contribution >= 0.6 is 11.6 Å². The van der Waals surface area contributed by atoms with Gasteiger partial charge in [-0.3, -0.25) is 4.79 Å². The summed E-state index contributed by atoms with van der Waals surface area (Å²) in [4.78, 5) is 15.3. The van der Waals surface area contributed by atoms with Gasteiger partial charge in [-0.15, -0.1) is 0 Å². The van der Waals surface area contributed by atoms with E-state index in [1.54, 1.807) is 6.07 Å². The van der Waals surface area contributed by atoms with Crippen molar-refractivity contribution in [3.63, 3.8) is 0 Å². The minimum Gasteiger partial charge on any atom is -0.482 e. The van der Waals surface area contributed by atoms with Crippen LogP contribution in [0.15, 0.2) is 30.6 Å². The molecule has 0 aliphatic heterocycles. The third kappa shape index (κ3) is 3.85. The van der Waals surface area contributed by atoms with E-state index in [4.69, 9.17) is 22.1 Å². The Morgan fingerprint density at radius 2 is 2.17 bits per heavy atom. The van der Waals surface area contributed by atoms with Crippen molar-refractivity contribution in [1.29, 1.82) is 0 Å². The van der Waals surface area contributed by atoms with Gasteiger partial charge in [0.05, 0.1) is 5.02 Å². The lowest BCUT2D eigenvalue weighted by Crippen LogP contribution is -2.20. The summed E-state index contributed by atoms with van der Waals surface area (Å²) < 4.78 is 7.46. The Bertz CT molecular complexity index is 693. The number of carbonyl (C=O) groups is 1. The van der Waals surface area contributed by atoms with Gasteiger partial charge in [-0.2, -0.15) is 0 Å². The normalized spacial score (nSPS) is 15.0. The molecule has 1 fully saturated rings. The van der Waals surface area contributed by atoms with Gasteiger partial charge in [-0.25, -0.2) is 4.98 Å². The largest absolute Gasteiger partial charge is 0.482 e. The van der Waals surface area contributed by atoms with Crippen LogP contribution in [0.3, 0.4) is 0 Å². The molecule has 6 heteroatoms. The molecular weight excluding hydrogens is 314 g/mol. The number of aromatic nitrogens is 2. The molecule has 0 atom stereocenters. The first-order valence-corrected chi connectivity index (χ1v) is 8.23. The van der Waals surface area contributed by atoms with Gasteiger partial charge in [0, 0.05) is 24.5 Å². The number of halogens is 1. The van der Waals surface area contributed by atoms with Crippen molar-refractivity contribution in [3.05, 3.63) is 35.6 Å². The lowest BCUT2D eigenvalue weighted by Gasteiger charge is -2.14. The van der Waals surface area contributed by atoms with Crippen molar-refractivity contribution in [2.24, 2.45) is 11.7 Å². The number of ether oxygens (including phenoxy) is 1. The van der Waals surface area contributed by atoms with Gasteiger partial charge in [-0.1, -0.05) is 24.4 Å². The van der Waals surface area contributed by atoms with Crippen molar-refractivity contribution >= 4 is 17.5 Å². The van der Waals surface area contributed by atoms with Crippen LogP contribution in [0.1, 0.15) is 25.7 Å². The Morgan fingerprint density at radius 3 is 2.87 bits per heavy atom.